The van der Waals surface area contributed by atoms with Crippen LogP contribution < -0.4 is 5.32 Å². The Hall–Kier alpha value is -1.06. The topological polar surface area (TPSA) is 55.4 Å². The van der Waals surface area contributed by atoms with Gasteiger partial charge in [-0.3, -0.25) is 9.59 Å². The summed E-state index contributed by atoms with van der Waals surface area (Å²) in [6, 6.07) is 0. The van der Waals surface area contributed by atoms with E-state index in [2.05, 4.69) is 5.32 Å². The van der Waals surface area contributed by atoms with Crippen molar-refractivity contribution in [2.24, 2.45) is 23.2 Å². The largest absolute Gasteiger partial charge is 0.469 e. The molecule has 5 aliphatic rings. The molecule has 0 aromatic heterocycles. The molecule has 0 atom stereocenters. The normalized spacial score (nSPS) is 38.4. The Morgan fingerprint density at radius 2 is 1.48 bits per heavy atom. The van der Waals surface area contributed by atoms with Crippen molar-refractivity contribution in [1.29, 1.82) is 0 Å². The molecule has 4 heteroatoms. The Morgan fingerprint density at radius 1 is 0.920 bits per heavy atom. The molecule has 5 fully saturated rings. The minimum atomic E-state index is -0.169. The van der Waals surface area contributed by atoms with Crippen LogP contribution in [-0.4, -0.2) is 24.5 Å². The zero-order chi connectivity index (χ0) is 17.5. The highest BCUT2D eigenvalue weighted by molar-refractivity contribution is 5.79. The summed E-state index contributed by atoms with van der Waals surface area (Å²) in [5.74, 6) is 2.54. The van der Waals surface area contributed by atoms with E-state index in [1.165, 1.54) is 52.1 Å². The van der Waals surface area contributed by atoms with Crippen molar-refractivity contribution in [2.75, 3.05) is 7.11 Å². The number of rotatable bonds is 5. The van der Waals surface area contributed by atoms with Crippen LogP contribution in [-0.2, 0) is 14.3 Å². The van der Waals surface area contributed by atoms with Crippen LogP contribution in [0, 0.1) is 23.2 Å². The van der Waals surface area contributed by atoms with Gasteiger partial charge in [0, 0.05) is 12.0 Å². The summed E-state index contributed by atoms with van der Waals surface area (Å²) in [4.78, 5) is 24.9. The minimum absolute atomic E-state index is 0.0763. The van der Waals surface area contributed by atoms with Crippen molar-refractivity contribution in [3.05, 3.63) is 0 Å². The standard InChI is InChI=1S/C21H33NO3/c1-25-19(24)14-20(5-3-2-4-6-20)13-18(23)22-21-10-15-7-16(11-21)9-17(8-15)12-21/h15-17H,2-14H2,1H3,(H,22,23). The minimum Gasteiger partial charge on any atom is -0.469 e. The average Bonchev–Trinajstić information content (AvgIpc) is 2.53. The summed E-state index contributed by atoms with van der Waals surface area (Å²) in [7, 11) is 1.45. The summed E-state index contributed by atoms with van der Waals surface area (Å²) < 4.78 is 4.92. The monoisotopic (exact) mass is 347 g/mol. The molecule has 4 nitrogen and oxygen atoms in total. The molecule has 5 rings (SSSR count). The third kappa shape index (κ3) is 3.59. The van der Waals surface area contributed by atoms with Crippen LogP contribution in [0.1, 0.15) is 83.5 Å². The number of esters is 1. The van der Waals surface area contributed by atoms with Crippen molar-refractivity contribution < 1.29 is 14.3 Å². The van der Waals surface area contributed by atoms with Crippen LogP contribution in [0.15, 0.2) is 0 Å². The summed E-state index contributed by atoms with van der Waals surface area (Å²) in [6.07, 6.45) is 14.1. The molecule has 0 spiro atoms. The first kappa shape index (κ1) is 17.4. The SMILES string of the molecule is COC(=O)CC1(CC(=O)NC23CC4CC(CC(C4)C2)C3)CCCCC1. The lowest BCUT2D eigenvalue weighted by molar-refractivity contribution is -0.145. The highest BCUT2D eigenvalue weighted by Gasteiger charge is 2.52. The number of carbonyl (C=O) groups excluding carboxylic acids is 2. The second-order valence-electron chi connectivity index (χ2n) is 9.74. The van der Waals surface area contributed by atoms with E-state index in [1.54, 1.807) is 0 Å². The van der Waals surface area contributed by atoms with E-state index in [9.17, 15) is 9.59 Å². The van der Waals surface area contributed by atoms with E-state index >= 15 is 0 Å². The van der Waals surface area contributed by atoms with Gasteiger partial charge in [0.05, 0.1) is 13.5 Å². The fourth-order valence-electron chi connectivity index (χ4n) is 7.04. The Labute approximate surface area is 151 Å². The van der Waals surface area contributed by atoms with Crippen molar-refractivity contribution in [1.82, 2.24) is 5.32 Å². The molecule has 0 aromatic rings. The van der Waals surface area contributed by atoms with Gasteiger partial charge in [-0.2, -0.15) is 0 Å². The number of hydrogen-bond donors (Lipinski definition) is 1. The van der Waals surface area contributed by atoms with E-state index in [4.69, 9.17) is 4.74 Å². The molecule has 140 valence electrons. The number of nitrogens with one attached hydrogen (secondary N) is 1. The molecule has 0 unspecified atom stereocenters. The fourth-order valence-corrected chi connectivity index (χ4v) is 7.04. The first-order chi connectivity index (χ1) is 12.0. The molecule has 5 aliphatic carbocycles. The maximum absolute atomic E-state index is 13.0. The molecule has 1 N–H and O–H groups in total. The molecule has 25 heavy (non-hydrogen) atoms. The van der Waals surface area contributed by atoms with Crippen molar-refractivity contribution in [2.45, 2.75) is 89.0 Å². The van der Waals surface area contributed by atoms with Gasteiger partial charge in [0.2, 0.25) is 5.91 Å². The van der Waals surface area contributed by atoms with Crippen LogP contribution in [0.2, 0.25) is 0 Å². The molecule has 1 amide bonds. The Morgan fingerprint density at radius 3 is 2.00 bits per heavy atom. The second-order valence-corrected chi connectivity index (χ2v) is 9.74. The van der Waals surface area contributed by atoms with Crippen LogP contribution in [0.25, 0.3) is 0 Å². The van der Waals surface area contributed by atoms with Gasteiger partial charge in [-0.15, -0.1) is 0 Å². The highest BCUT2D eigenvalue weighted by atomic mass is 16.5. The predicted octanol–water partition coefficient (Wildman–Crippen LogP) is 3.98. The van der Waals surface area contributed by atoms with Crippen molar-refractivity contribution >= 4 is 11.9 Å². The van der Waals surface area contributed by atoms with Crippen molar-refractivity contribution in [3.8, 4) is 0 Å². The van der Waals surface area contributed by atoms with E-state index < -0.39 is 0 Å². The van der Waals surface area contributed by atoms with E-state index in [-0.39, 0.29) is 22.8 Å². The predicted molar refractivity (Wildman–Crippen MR) is 95.8 cm³/mol. The molecule has 0 heterocycles. The zero-order valence-corrected chi connectivity index (χ0v) is 15.6. The number of methoxy groups -OCH3 is 1. The Kier molecular flexibility index (Phi) is 4.57. The second kappa shape index (κ2) is 6.59. The van der Waals surface area contributed by atoms with Crippen molar-refractivity contribution in [3.63, 3.8) is 0 Å². The fraction of sp³-hybridized carbons (Fsp3) is 0.905. The van der Waals surface area contributed by atoms with Crippen LogP contribution in [0.3, 0.4) is 0 Å². The quantitative estimate of drug-likeness (QED) is 0.766. The first-order valence-corrected chi connectivity index (χ1v) is 10.4. The molecule has 4 bridgehead atoms. The highest BCUT2D eigenvalue weighted by Crippen LogP contribution is 2.55. The maximum Gasteiger partial charge on any atom is 0.306 e. The van der Waals surface area contributed by atoms with Gasteiger partial charge in [0.25, 0.3) is 0 Å². The smallest absolute Gasteiger partial charge is 0.306 e. The van der Waals surface area contributed by atoms with Gasteiger partial charge >= 0.3 is 5.97 Å². The third-order valence-electron chi connectivity index (χ3n) is 7.64. The number of ether oxygens (including phenoxy) is 1. The van der Waals surface area contributed by atoms with Gasteiger partial charge < -0.3 is 10.1 Å². The summed E-state index contributed by atoms with van der Waals surface area (Å²) >= 11 is 0. The lowest BCUT2D eigenvalue weighted by Gasteiger charge is -2.57. The lowest BCUT2D eigenvalue weighted by Crippen LogP contribution is -2.60. The van der Waals surface area contributed by atoms with Crippen LogP contribution in [0.5, 0.6) is 0 Å². The Bertz CT molecular complexity index is 500. The van der Waals surface area contributed by atoms with E-state index in [1.807, 2.05) is 0 Å². The Balaban J connectivity index is 1.42. The summed E-state index contributed by atoms with van der Waals surface area (Å²) in [5.41, 5.74) is -0.0926. The van der Waals surface area contributed by atoms with Gasteiger partial charge in [-0.05, 0) is 74.5 Å². The summed E-state index contributed by atoms with van der Waals surface area (Å²) in [6.45, 7) is 0. The molecular formula is C21H33NO3. The number of hydrogen-bond acceptors (Lipinski definition) is 3. The van der Waals surface area contributed by atoms with Gasteiger partial charge in [-0.25, -0.2) is 0 Å². The molecule has 0 radical (unpaired) electrons. The van der Waals surface area contributed by atoms with Gasteiger partial charge in [-0.1, -0.05) is 19.3 Å². The van der Waals surface area contributed by atoms with Crippen LogP contribution >= 0.6 is 0 Å². The molecule has 0 saturated heterocycles. The molecule has 0 aromatic carbocycles. The third-order valence-corrected chi connectivity index (χ3v) is 7.64. The zero-order valence-electron chi connectivity index (χ0n) is 15.6. The first-order valence-electron chi connectivity index (χ1n) is 10.4. The van der Waals surface area contributed by atoms with E-state index in [0.717, 1.165) is 43.4 Å². The molecule has 5 saturated carbocycles. The maximum atomic E-state index is 13.0. The summed E-state index contributed by atoms with van der Waals surface area (Å²) in [5, 5.41) is 3.50. The lowest BCUT2D eigenvalue weighted by atomic mass is 9.53. The van der Waals surface area contributed by atoms with Crippen LogP contribution in [0.4, 0.5) is 0 Å². The number of carbonyl (C=O) groups is 2. The average molecular weight is 347 g/mol. The van der Waals surface area contributed by atoms with Gasteiger partial charge in [0.15, 0.2) is 0 Å². The molecule has 0 aliphatic heterocycles. The van der Waals surface area contributed by atoms with Gasteiger partial charge in [0.1, 0.15) is 0 Å². The van der Waals surface area contributed by atoms with E-state index in [0.29, 0.717) is 12.8 Å². The molecular weight excluding hydrogens is 314 g/mol. The number of amides is 1.